The van der Waals surface area contributed by atoms with Crippen LogP contribution >= 0.6 is 15.9 Å². The molecule has 0 nitrogen and oxygen atoms in total. The molecule has 0 aromatic heterocycles. The van der Waals surface area contributed by atoms with Crippen LogP contribution in [0.5, 0.6) is 0 Å². The van der Waals surface area contributed by atoms with Crippen LogP contribution in [0.3, 0.4) is 0 Å². The summed E-state index contributed by atoms with van der Waals surface area (Å²) in [6.45, 7) is 2.27. The minimum Gasteiger partial charge on any atom is -0.0884 e. The van der Waals surface area contributed by atoms with Gasteiger partial charge in [-0.25, -0.2) is 0 Å². The van der Waals surface area contributed by atoms with E-state index in [-0.39, 0.29) is 0 Å². The number of alkyl halides is 1. The molecule has 0 amide bonds. The number of halogens is 1. The average molecular weight is 267 g/mol. The van der Waals surface area contributed by atoms with Crippen molar-refractivity contribution in [1.29, 1.82) is 0 Å². The van der Waals surface area contributed by atoms with Crippen molar-refractivity contribution in [2.24, 2.45) is 5.92 Å². The van der Waals surface area contributed by atoms with E-state index < -0.39 is 0 Å². The van der Waals surface area contributed by atoms with Gasteiger partial charge in [-0.05, 0) is 36.7 Å². The first-order valence-electron chi connectivity index (χ1n) is 6.02. The molecule has 0 radical (unpaired) electrons. The Kier molecular flexibility index (Phi) is 3.85. The molecule has 0 aliphatic heterocycles. The van der Waals surface area contributed by atoms with Crippen LogP contribution in [0, 0.1) is 5.92 Å². The molecule has 15 heavy (non-hydrogen) atoms. The van der Waals surface area contributed by atoms with Gasteiger partial charge in [0.25, 0.3) is 0 Å². The van der Waals surface area contributed by atoms with E-state index in [0.717, 1.165) is 11.8 Å². The summed E-state index contributed by atoms with van der Waals surface area (Å²) in [5.41, 5.74) is 1.52. The number of rotatable bonds is 5. The third-order valence-corrected chi connectivity index (χ3v) is 4.30. The fraction of sp³-hybridized carbons (Fsp3) is 0.571. The highest BCUT2D eigenvalue weighted by atomic mass is 79.9. The van der Waals surface area contributed by atoms with E-state index in [0.29, 0.717) is 4.83 Å². The van der Waals surface area contributed by atoms with Crippen molar-refractivity contribution >= 4 is 15.9 Å². The minimum absolute atomic E-state index is 0.664. The zero-order valence-electron chi connectivity index (χ0n) is 9.33. The Hall–Kier alpha value is -0.300. The third kappa shape index (κ3) is 2.84. The van der Waals surface area contributed by atoms with Gasteiger partial charge in [0, 0.05) is 4.83 Å². The summed E-state index contributed by atoms with van der Waals surface area (Å²) in [6, 6.07) is 11.0. The number of hydrogen-bond acceptors (Lipinski definition) is 0. The van der Waals surface area contributed by atoms with Crippen LogP contribution in [0.1, 0.15) is 44.1 Å². The molecule has 2 unspecified atom stereocenters. The molecule has 1 aliphatic rings. The van der Waals surface area contributed by atoms with E-state index in [9.17, 15) is 0 Å². The van der Waals surface area contributed by atoms with Crippen molar-refractivity contribution < 1.29 is 0 Å². The molecule has 1 saturated carbocycles. The van der Waals surface area contributed by atoms with Crippen molar-refractivity contribution in [2.75, 3.05) is 0 Å². The molecule has 1 heteroatoms. The van der Waals surface area contributed by atoms with Crippen LogP contribution < -0.4 is 0 Å². The number of hydrogen-bond donors (Lipinski definition) is 0. The molecule has 0 saturated heterocycles. The molecule has 1 aliphatic carbocycles. The Balaban J connectivity index is 2.12. The quantitative estimate of drug-likeness (QED) is 0.676. The van der Waals surface area contributed by atoms with Gasteiger partial charge in [-0.3, -0.25) is 0 Å². The summed E-state index contributed by atoms with van der Waals surface area (Å²) < 4.78 is 0. The maximum absolute atomic E-state index is 3.88. The van der Waals surface area contributed by atoms with Crippen LogP contribution in [-0.2, 0) is 0 Å². The van der Waals surface area contributed by atoms with E-state index in [1.54, 1.807) is 0 Å². The summed E-state index contributed by atoms with van der Waals surface area (Å²) in [6.07, 6.45) is 5.40. The Morgan fingerprint density at radius 2 is 1.93 bits per heavy atom. The summed E-state index contributed by atoms with van der Waals surface area (Å²) in [5, 5.41) is 0. The highest BCUT2D eigenvalue weighted by Gasteiger charge is 2.35. The zero-order valence-corrected chi connectivity index (χ0v) is 10.9. The van der Waals surface area contributed by atoms with Gasteiger partial charge >= 0.3 is 0 Å². The van der Waals surface area contributed by atoms with Crippen LogP contribution in [0.4, 0.5) is 0 Å². The summed E-state index contributed by atoms with van der Waals surface area (Å²) >= 11 is 3.88. The summed E-state index contributed by atoms with van der Waals surface area (Å²) in [5.74, 6) is 1.68. The van der Waals surface area contributed by atoms with Gasteiger partial charge in [-0.15, -0.1) is 0 Å². The van der Waals surface area contributed by atoms with E-state index in [1.807, 2.05) is 0 Å². The van der Waals surface area contributed by atoms with Gasteiger partial charge in [-0.2, -0.15) is 0 Å². The van der Waals surface area contributed by atoms with Crippen molar-refractivity contribution in [3.05, 3.63) is 35.9 Å². The first-order chi connectivity index (χ1) is 7.33. The van der Waals surface area contributed by atoms with Crippen LogP contribution in [0.25, 0.3) is 0 Å². The van der Waals surface area contributed by atoms with E-state index in [4.69, 9.17) is 0 Å². The average Bonchev–Trinajstić information content (AvgIpc) is 3.04. The SMILES string of the molecule is CCCC(Br)C(c1ccccc1)C1CC1. The highest BCUT2D eigenvalue weighted by molar-refractivity contribution is 9.09. The topological polar surface area (TPSA) is 0 Å². The number of benzene rings is 1. The van der Waals surface area contributed by atoms with Crippen molar-refractivity contribution in [1.82, 2.24) is 0 Å². The fourth-order valence-electron chi connectivity index (χ4n) is 2.36. The first-order valence-corrected chi connectivity index (χ1v) is 6.93. The lowest BCUT2D eigenvalue weighted by molar-refractivity contribution is 0.552. The Bertz CT molecular complexity index is 289. The lowest BCUT2D eigenvalue weighted by Gasteiger charge is -2.22. The maximum Gasteiger partial charge on any atom is 0.0217 e. The van der Waals surface area contributed by atoms with Crippen LogP contribution in [0.2, 0.25) is 0 Å². The van der Waals surface area contributed by atoms with Gasteiger partial charge in [0.2, 0.25) is 0 Å². The molecule has 1 fully saturated rings. The second-order valence-corrected chi connectivity index (χ2v) is 5.75. The summed E-state index contributed by atoms with van der Waals surface area (Å²) in [4.78, 5) is 0.664. The fourth-order valence-corrected chi connectivity index (χ4v) is 3.56. The standard InChI is InChI=1S/C14H19Br/c1-2-6-13(15)14(12-9-10-12)11-7-4-3-5-8-11/h3-5,7-8,12-14H,2,6,9-10H2,1H3. The van der Waals surface area contributed by atoms with Gasteiger partial charge in [0.05, 0.1) is 0 Å². The van der Waals surface area contributed by atoms with E-state index in [2.05, 4.69) is 53.2 Å². The monoisotopic (exact) mass is 266 g/mol. The van der Waals surface area contributed by atoms with Gasteiger partial charge < -0.3 is 0 Å². The van der Waals surface area contributed by atoms with Gasteiger partial charge in [-0.1, -0.05) is 59.6 Å². The second-order valence-electron chi connectivity index (χ2n) is 4.58. The van der Waals surface area contributed by atoms with E-state index >= 15 is 0 Å². The molecule has 0 heterocycles. The first kappa shape index (κ1) is 11.2. The molecule has 2 atom stereocenters. The third-order valence-electron chi connectivity index (χ3n) is 3.27. The molecule has 82 valence electrons. The lowest BCUT2D eigenvalue weighted by Crippen LogP contribution is -2.14. The lowest BCUT2D eigenvalue weighted by atomic mass is 9.89. The molecule has 1 aromatic carbocycles. The minimum atomic E-state index is 0.664. The smallest absolute Gasteiger partial charge is 0.0217 e. The van der Waals surface area contributed by atoms with Crippen molar-refractivity contribution in [2.45, 2.75) is 43.4 Å². The predicted molar refractivity (Wildman–Crippen MR) is 69.5 cm³/mol. The molecule has 1 aromatic rings. The molecular formula is C14H19Br. The Morgan fingerprint density at radius 1 is 1.27 bits per heavy atom. The van der Waals surface area contributed by atoms with Crippen LogP contribution in [0.15, 0.2) is 30.3 Å². The van der Waals surface area contributed by atoms with Crippen LogP contribution in [-0.4, -0.2) is 4.83 Å². The largest absolute Gasteiger partial charge is 0.0884 e. The molecular weight excluding hydrogens is 248 g/mol. The zero-order chi connectivity index (χ0) is 10.7. The Labute approximate surface area is 101 Å². The second kappa shape index (κ2) is 5.16. The maximum atomic E-state index is 3.88. The predicted octanol–water partition coefficient (Wildman–Crippen LogP) is 4.74. The Morgan fingerprint density at radius 3 is 2.47 bits per heavy atom. The molecule has 0 spiro atoms. The van der Waals surface area contributed by atoms with Gasteiger partial charge in [0.15, 0.2) is 0 Å². The molecule has 2 rings (SSSR count). The highest BCUT2D eigenvalue weighted by Crippen LogP contribution is 2.47. The van der Waals surface area contributed by atoms with Crippen molar-refractivity contribution in [3.8, 4) is 0 Å². The molecule has 0 bridgehead atoms. The van der Waals surface area contributed by atoms with E-state index in [1.165, 1.54) is 31.2 Å². The van der Waals surface area contributed by atoms with Crippen molar-refractivity contribution in [3.63, 3.8) is 0 Å². The van der Waals surface area contributed by atoms with Gasteiger partial charge in [0.1, 0.15) is 0 Å². The normalized spacial score (nSPS) is 19.9. The summed E-state index contributed by atoms with van der Waals surface area (Å²) in [7, 11) is 0. The molecule has 0 N–H and O–H groups in total.